The molecule has 0 aromatic heterocycles. The first kappa shape index (κ1) is 9.71. The van der Waals surface area contributed by atoms with Crippen molar-refractivity contribution in [1.82, 2.24) is 9.80 Å². The molecule has 0 unspecified atom stereocenters. The van der Waals surface area contributed by atoms with Crippen LogP contribution >= 0.6 is 0 Å². The molecule has 0 amide bonds. The van der Waals surface area contributed by atoms with Crippen LogP contribution in [0.2, 0.25) is 0 Å². The Hall–Kier alpha value is -1.38. The van der Waals surface area contributed by atoms with Gasteiger partial charge in [0.15, 0.2) is 0 Å². The highest BCUT2D eigenvalue weighted by atomic mass is 16.5. The zero-order chi connectivity index (χ0) is 9.52. The maximum Gasteiger partial charge on any atom is 0.105 e. The molecular weight excluding hydrogens is 164 g/mol. The maximum atomic E-state index is 5.04. The van der Waals surface area contributed by atoms with Crippen molar-refractivity contribution < 1.29 is 4.74 Å². The third-order valence-electron chi connectivity index (χ3n) is 1.83. The van der Waals surface area contributed by atoms with Crippen LogP contribution in [0.25, 0.3) is 0 Å². The Morgan fingerprint density at radius 2 is 2.08 bits per heavy atom. The van der Waals surface area contributed by atoms with E-state index in [9.17, 15) is 0 Å². The van der Waals surface area contributed by atoms with E-state index >= 15 is 0 Å². The van der Waals surface area contributed by atoms with Crippen LogP contribution in [0.4, 0.5) is 0 Å². The lowest BCUT2D eigenvalue weighted by Gasteiger charge is -2.19. The standard InChI is InChI=1S/C10H16N2O/c1-3-5-11-6-7-12(10-11)8-9-13-4-2/h3-4,6-7H,1-2,5,8-10H2. The molecule has 1 rings (SSSR count). The first-order chi connectivity index (χ1) is 6.36. The first-order valence-electron chi connectivity index (χ1n) is 4.36. The van der Waals surface area contributed by atoms with Gasteiger partial charge in [-0.25, -0.2) is 0 Å². The van der Waals surface area contributed by atoms with Crippen LogP contribution in [0.3, 0.4) is 0 Å². The second kappa shape index (κ2) is 5.30. The van der Waals surface area contributed by atoms with Crippen molar-refractivity contribution in [3.63, 3.8) is 0 Å². The van der Waals surface area contributed by atoms with Gasteiger partial charge in [0, 0.05) is 18.9 Å². The summed E-state index contributed by atoms with van der Waals surface area (Å²) < 4.78 is 5.04. The number of hydrogen-bond donors (Lipinski definition) is 0. The lowest BCUT2D eigenvalue weighted by Crippen LogP contribution is -2.27. The van der Waals surface area contributed by atoms with E-state index in [0.29, 0.717) is 6.61 Å². The first-order valence-corrected chi connectivity index (χ1v) is 4.36. The molecule has 0 aliphatic carbocycles. The Morgan fingerprint density at radius 1 is 1.31 bits per heavy atom. The average Bonchev–Trinajstić information content (AvgIpc) is 2.54. The molecule has 0 aromatic carbocycles. The third-order valence-corrected chi connectivity index (χ3v) is 1.83. The summed E-state index contributed by atoms with van der Waals surface area (Å²) in [6, 6.07) is 0. The Balaban J connectivity index is 2.14. The summed E-state index contributed by atoms with van der Waals surface area (Å²) in [5.74, 6) is 0. The SMILES string of the molecule is C=CCN1C=CN(CCOC=C)C1. The van der Waals surface area contributed by atoms with Gasteiger partial charge in [0.2, 0.25) is 0 Å². The molecular formula is C10H16N2O. The molecule has 0 saturated carbocycles. The van der Waals surface area contributed by atoms with E-state index in [2.05, 4.69) is 35.4 Å². The molecule has 0 aromatic rings. The van der Waals surface area contributed by atoms with E-state index in [1.807, 2.05) is 6.08 Å². The minimum absolute atomic E-state index is 0.690. The highest BCUT2D eigenvalue weighted by Crippen LogP contribution is 2.05. The van der Waals surface area contributed by atoms with Gasteiger partial charge in [-0.15, -0.1) is 6.58 Å². The second-order valence-corrected chi connectivity index (χ2v) is 2.85. The summed E-state index contributed by atoms with van der Waals surface area (Å²) in [5.41, 5.74) is 0. The van der Waals surface area contributed by atoms with Crippen molar-refractivity contribution in [2.75, 3.05) is 26.4 Å². The molecule has 1 aliphatic heterocycles. The largest absolute Gasteiger partial charge is 0.500 e. The predicted octanol–water partition coefficient (Wildman–Crippen LogP) is 1.38. The van der Waals surface area contributed by atoms with E-state index < -0.39 is 0 Å². The van der Waals surface area contributed by atoms with Gasteiger partial charge < -0.3 is 14.5 Å². The highest BCUT2D eigenvalue weighted by Gasteiger charge is 2.09. The quantitative estimate of drug-likeness (QED) is 0.349. The van der Waals surface area contributed by atoms with Crippen LogP contribution in [-0.2, 0) is 4.74 Å². The number of ether oxygens (including phenoxy) is 1. The molecule has 1 aliphatic rings. The molecule has 3 heteroatoms. The lowest BCUT2D eigenvalue weighted by atomic mass is 10.5. The molecule has 0 fully saturated rings. The van der Waals surface area contributed by atoms with Gasteiger partial charge in [-0.1, -0.05) is 12.7 Å². The number of hydrogen-bond acceptors (Lipinski definition) is 3. The fourth-order valence-corrected chi connectivity index (χ4v) is 1.20. The molecule has 3 nitrogen and oxygen atoms in total. The molecule has 0 spiro atoms. The molecule has 0 atom stereocenters. The zero-order valence-electron chi connectivity index (χ0n) is 7.85. The average molecular weight is 180 g/mol. The third kappa shape index (κ3) is 3.23. The van der Waals surface area contributed by atoms with Crippen LogP contribution in [0, 0.1) is 0 Å². The molecule has 0 saturated heterocycles. The van der Waals surface area contributed by atoms with Gasteiger partial charge in [0.1, 0.15) is 6.61 Å². The summed E-state index contributed by atoms with van der Waals surface area (Å²) in [5, 5.41) is 0. The normalized spacial score (nSPS) is 14.8. The Kier molecular flexibility index (Phi) is 3.96. The second-order valence-electron chi connectivity index (χ2n) is 2.85. The number of rotatable bonds is 6. The van der Waals surface area contributed by atoms with Crippen molar-refractivity contribution in [1.29, 1.82) is 0 Å². The lowest BCUT2D eigenvalue weighted by molar-refractivity contribution is 0.192. The number of nitrogens with zero attached hydrogens (tertiary/aromatic N) is 2. The van der Waals surface area contributed by atoms with Gasteiger partial charge in [-0.05, 0) is 0 Å². The van der Waals surface area contributed by atoms with Crippen molar-refractivity contribution in [3.8, 4) is 0 Å². The van der Waals surface area contributed by atoms with Crippen molar-refractivity contribution in [2.24, 2.45) is 0 Å². The van der Waals surface area contributed by atoms with E-state index in [-0.39, 0.29) is 0 Å². The monoisotopic (exact) mass is 180 g/mol. The molecule has 72 valence electrons. The zero-order valence-corrected chi connectivity index (χ0v) is 7.85. The van der Waals surface area contributed by atoms with Gasteiger partial charge in [-0.3, -0.25) is 0 Å². The van der Waals surface area contributed by atoms with Crippen LogP contribution in [0.5, 0.6) is 0 Å². The molecule has 0 bridgehead atoms. The van der Waals surface area contributed by atoms with Gasteiger partial charge in [0.05, 0.1) is 19.5 Å². The van der Waals surface area contributed by atoms with Crippen LogP contribution in [0.1, 0.15) is 0 Å². The smallest absolute Gasteiger partial charge is 0.105 e. The van der Waals surface area contributed by atoms with Gasteiger partial charge >= 0.3 is 0 Å². The van der Waals surface area contributed by atoms with E-state index in [4.69, 9.17) is 4.74 Å². The molecule has 1 heterocycles. The van der Waals surface area contributed by atoms with Crippen molar-refractivity contribution in [3.05, 3.63) is 37.9 Å². The van der Waals surface area contributed by atoms with Crippen LogP contribution in [0.15, 0.2) is 37.9 Å². The van der Waals surface area contributed by atoms with Crippen molar-refractivity contribution in [2.45, 2.75) is 0 Å². The summed E-state index contributed by atoms with van der Waals surface area (Å²) in [7, 11) is 0. The Morgan fingerprint density at radius 3 is 2.77 bits per heavy atom. The predicted molar refractivity (Wildman–Crippen MR) is 53.8 cm³/mol. The minimum atomic E-state index is 0.690. The Bertz CT molecular complexity index is 201. The summed E-state index contributed by atoms with van der Waals surface area (Å²) >= 11 is 0. The highest BCUT2D eigenvalue weighted by molar-refractivity contribution is 4.93. The molecule has 13 heavy (non-hydrogen) atoms. The van der Waals surface area contributed by atoms with Crippen molar-refractivity contribution >= 4 is 0 Å². The van der Waals surface area contributed by atoms with E-state index in [0.717, 1.165) is 19.8 Å². The van der Waals surface area contributed by atoms with Crippen LogP contribution < -0.4 is 0 Å². The fraction of sp³-hybridized carbons (Fsp3) is 0.400. The fourth-order valence-electron chi connectivity index (χ4n) is 1.20. The van der Waals surface area contributed by atoms with Gasteiger partial charge in [0.25, 0.3) is 0 Å². The van der Waals surface area contributed by atoms with E-state index in [1.165, 1.54) is 6.26 Å². The summed E-state index contributed by atoms with van der Waals surface area (Å²) in [6.07, 6.45) is 7.50. The molecule has 0 N–H and O–H groups in total. The van der Waals surface area contributed by atoms with Gasteiger partial charge in [-0.2, -0.15) is 0 Å². The van der Waals surface area contributed by atoms with E-state index in [1.54, 1.807) is 0 Å². The topological polar surface area (TPSA) is 15.7 Å². The summed E-state index contributed by atoms with van der Waals surface area (Å²) in [6.45, 7) is 10.6. The molecule has 0 radical (unpaired) electrons. The van der Waals surface area contributed by atoms with Crippen LogP contribution in [-0.4, -0.2) is 36.2 Å². The Labute approximate surface area is 79.6 Å². The summed E-state index contributed by atoms with van der Waals surface area (Å²) in [4.78, 5) is 4.37. The maximum absolute atomic E-state index is 5.04. The minimum Gasteiger partial charge on any atom is -0.500 e.